The standard InChI is InChI=1S/C24H24N2O4/c1-17-10-6-8-14-21(17)30-18(2)23(27)25-26-24(28)20-13-7-9-15-22(20)29-16-19-11-4-3-5-12-19/h3-15,18H,16H2,1-2H3,(H,25,27)(H,26,28)/t18-/m1/s1. The Kier molecular flexibility index (Phi) is 7.05. The smallest absolute Gasteiger partial charge is 0.279 e. The maximum absolute atomic E-state index is 12.6. The molecule has 0 saturated heterocycles. The van der Waals surface area contributed by atoms with Crippen molar-refractivity contribution < 1.29 is 19.1 Å². The van der Waals surface area contributed by atoms with Gasteiger partial charge in [0.1, 0.15) is 18.1 Å². The van der Waals surface area contributed by atoms with Gasteiger partial charge < -0.3 is 9.47 Å². The third kappa shape index (κ3) is 5.61. The van der Waals surface area contributed by atoms with Crippen molar-refractivity contribution in [3.8, 4) is 11.5 Å². The predicted molar refractivity (Wildman–Crippen MR) is 114 cm³/mol. The Morgan fingerprint density at radius 3 is 2.20 bits per heavy atom. The summed E-state index contributed by atoms with van der Waals surface area (Å²) in [6.45, 7) is 3.84. The Labute approximate surface area is 175 Å². The number of hydrogen-bond donors (Lipinski definition) is 2. The number of carbonyl (C=O) groups excluding carboxylic acids is 2. The van der Waals surface area contributed by atoms with Crippen LogP contribution < -0.4 is 20.3 Å². The molecule has 3 aromatic rings. The second kappa shape index (κ2) is 10.1. The van der Waals surface area contributed by atoms with Crippen molar-refractivity contribution in [2.45, 2.75) is 26.6 Å². The highest BCUT2D eigenvalue weighted by molar-refractivity contribution is 5.98. The molecule has 0 aliphatic rings. The molecule has 2 N–H and O–H groups in total. The molecule has 0 unspecified atom stereocenters. The predicted octanol–water partition coefficient (Wildman–Crippen LogP) is 3.80. The van der Waals surface area contributed by atoms with E-state index >= 15 is 0 Å². The van der Waals surface area contributed by atoms with Gasteiger partial charge in [-0.1, -0.05) is 60.7 Å². The number of nitrogens with one attached hydrogen (secondary N) is 2. The molecule has 0 fully saturated rings. The Morgan fingerprint density at radius 2 is 1.47 bits per heavy atom. The maximum Gasteiger partial charge on any atom is 0.279 e. The van der Waals surface area contributed by atoms with Crippen molar-refractivity contribution in [3.05, 3.63) is 95.6 Å². The van der Waals surface area contributed by atoms with Gasteiger partial charge in [0.25, 0.3) is 11.8 Å². The lowest BCUT2D eigenvalue weighted by Gasteiger charge is -2.17. The summed E-state index contributed by atoms with van der Waals surface area (Å²) in [5.41, 5.74) is 7.05. The lowest BCUT2D eigenvalue weighted by molar-refractivity contribution is -0.128. The van der Waals surface area contributed by atoms with Gasteiger partial charge in [0.2, 0.25) is 0 Å². The van der Waals surface area contributed by atoms with Crippen LogP contribution in [0.25, 0.3) is 0 Å². The molecule has 0 saturated carbocycles. The average Bonchev–Trinajstić information content (AvgIpc) is 2.78. The van der Waals surface area contributed by atoms with E-state index in [1.54, 1.807) is 37.3 Å². The first-order valence-electron chi connectivity index (χ1n) is 9.63. The molecule has 1 atom stereocenters. The van der Waals surface area contributed by atoms with Gasteiger partial charge in [-0.15, -0.1) is 0 Å². The van der Waals surface area contributed by atoms with E-state index in [0.29, 0.717) is 23.7 Å². The summed E-state index contributed by atoms with van der Waals surface area (Å²) >= 11 is 0. The fourth-order valence-corrected chi connectivity index (χ4v) is 2.74. The molecule has 3 aromatic carbocycles. The summed E-state index contributed by atoms with van der Waals surface area (Å²) in [6.07, 6.45) is -0.782. The van der Waals surface area contributed by atoms with Gasteiger partial charge in [0, 0.05) is 0 Å². The van der Waals surface area contributed by atoms with Crippen LogP contribution in [0.4, 0.5) is 0 Å². The van der Waals surface area contributed by atoms with E-state index in [-0.39, 0.29) is 0 Å². The lowest BCUT2D eigenvalue weighted by atomic mass is 10.2. The minimum absolute atomic E-state index is 0.321. The van der Waals surface area contributed by atoms with Crippen LogP contribution >= 0.6 is 0 Å². The first-order valence-corrected chi connectivity index (χ1v) is 9.63. The van der Waals surface area contributed by atoms with Gasteiger partial charge in [-0.2, -0.15) is 0 Å². The second-order valence-electron chi connectivity index (χ2n) is 6.74. The molecule has 3 rings (SSSR count). The molecular formula is C24H24N2O4. The average molecular weight is 404 g/mol. The summed E-state index contributed by atoms with van der Waals surface area (Å²) in [5.74, 6) is 0.104. The van der Waals surface area contributed by atoms with Crippen LogP contribution in [0, 0.1) is 6.92 Å². The second-order valence-corrected chi connectivity index (χ2v) is 6.74. The van der Waals surface area contributed by atoms with Crippen molar-refractivity contribution in [1.29, 1.82) is 0 Å². The molecule has 30 heavy (non-hydrogen) atoms. The number of benzene rings is 3. The van der Waals surface area contributed by atoms with Crippen molar-refractivity contribution >= 4 is 11.8 Å². The Hall–Kier alpha value is -3.80. The summed E-state index contributed by atoms with van der Waals surface area (Å²) in [5, 5.41) is 0. The molecule has 0 spiro atoms. The number of carbonyl (C=O) groups is 2. The highest BCUT2D eigenvalue weighted by Gasteiger charge is 2.18. The Morgan fingerprint density at radius 1 is 0.833 bits per heavy atom. The number of rotatable bonds is 7. The largest absolute Gasteiger partial charge is 0.488 e. The van der Waals surface area contributed by atoms with Crippen LogP contribution in [-0.4, -0.2) is 17.9 Å². The molecule has 6 heteroatoms. The third-order valence-electron chi connectivity index (χ3n) is 4.43. The molecule has 0 bridgehead atoms. The van der Waals surface area contributed by atoms with E-state index < -0.39 is 17.9 Å². The van der Waals surface area contributed by atoms with Crippen LogP contribution in [0.2, 0.25) is 0 Å². The van der Waals surface area contributed by atoms with Crippen molar-refractivity contribution in [3.63, 3.8) is 0 Å². The quantitative estimate of drug-likeness (QED) is 0.587. The normalized spacial score (nSPS) is 11.3. The van der Waals surface area contributed by atoms with Gasteiger partial charge in [0.05, 0.1) is 5.56 Å². The van der Waals surface area contributed by atoms with E-state index in [2.05, 4.69) is 10.9 Å². The van der Waals surface area contributed by atoms with Gasteiger partial charge >= 0.3 is 0 Å². The minimum atomic E-state index is -0.782. The highest BCUT2D eigenvalue weighted by atomic mass is 16.5. The van der Waals surface area contributed by atoms with Crippen molar-refractivity contribution in [2.75, 3.05) is 0 Å². The Balaban J connectivity index is 1.56. The molecular weight excluding hydrogens is 380 g/mol. The zero-order chi connectivity index (χ0) is 21.3. The van der Waals surface area contributed by atoms with Crippen LogP contribution in [0.5, 0.6) is 11.5 Å². The lowest BCUT2D eigenvalue weighted by Crippen LogP contribution is -2.47. The highest BCUT2D eigenvalue weighted by Crippen LogP contribution is 2.20. The number of ether oxygens (including phenoxy) is 2. The van der Waals surface area contributed by atoms with Gasteiger partial charge in [0.15, 0.2) is 6.10 Å². The summed E-state index contributed by atoms with van der Waals surface area (Å²) in [7, 11) is 0. The van der Waals surface area contributed by atoms with E-state index in [9.17, 15) is 9.59 Å². The third-order valence-corrected chi connectivity index (χ3v) is 4.43. The van der Waals surface area contributed by atoms with E-state index in [0.717, 1.165) is 11.1 Å². The molecule has 0 aliphatic heterocycles. The van der Waals surface area contributed by atoms with E-state index in [1.807, 2.05) is 55.5 Å². The number of aryl methyl sites for hydroxylation is 1. The van der Waals surface area contributed by atoms with Gasteiger partial charge in [-0.25, -0.2) is 0 Å². The van der Waals surface area contributed by atoms with E-state index in [4.69, 9.17) is 9.47 Å². The molecule has 0 aliphatic carbocycles. The number of hydrogen-bond acceptors (Lipinski definition) is 4. The molecule has 2 amide bonds. The molecule has 154 valence electrons. The Bertz CT molecular complexity index is 1000. The minimum Gasteiger partial charge on any atom is -0.488 e. The molecule has 0 aromatic heterocycles. The number of para-hydroxylation sites is 2. The summed E-state index contributed by atoms with van der Waals surface area (Å²) in [6, 6.07) is 23.9. The maximum atomic E-state index is 12.6. The van der Waals surface area contributed by atoms with E-state index in [1.165, 1.54) is 0 Å². The number of amides is 2. The SMILES string of the molecule is Cc1ccccc1O[C@H](C)C(=O)NNC(=O)c1ccccc1OCc1ccccc1. The fraction of sp³-hybridized carbons (Fsp3) is 0.167. The monoisotopic (exact) mass is 404 g/mol. The van der Waals surface area contributed by atoms with Crippen LogP contribution in [-0.2, 0) is 11.4 Å². The van der Waals surface area contributed by atoms with Crippen LogP contribution in [0.15, 0.2) is 78.9 Å². The molecule has 0 heterocycles. The van der Waals surface area contributed by atoms with Gasteiger partial charge in [-0.05, 0) is 43.2 Å². The first kappa shape index (κ1) is 20.9. The zero-order valence-corrected chi connectivity index (χ0v) is 16.9. The first-order chi connectivity index (χ1) is 14.5. The fourth-order valence-electron chi connectivity index (χ4n) is 2.74. The number of hydrazine groups is 1. The van der Waals surface area contributed by atoms with Crippen LogP contribution in [0.3, 0.4) is 0 Å². The molecule has 6 nitrogen and oxygen atoms in total. The topological polar surface area (TPSA) is 76.7 Å². The van der Waals surface area contributed by atoms with Crippen molar-refractivity contribution in [2.24, 2.45) is 0 Å². The summed E-state index contributed by atoms with van der Waals surface area (Å²) < 4.78 is 11.5. The zero-order valence-electron chi connectivity index (χ0n) is 16.9. The van der Waals surface area contributed by atoms with Crippen molar-refractivity contribution in [1.82, 2.24) is 10.9 Å². The molecule has 0 radical (unpaired) electrons. The van der Waals surface area contributed by atoms with Gasteiger partial charge in [-0.3, -0.25) is 20.4 Å². The summed E-state index contributed by atoms with van der Waals surface area (Å²) in [4.78, 5) is 24.9. The van der Waals surface area contributed by atoms with Crippen LogP contribution in [0.1, 0.15) is 28.4 Å².